The standard InChI is InChI=1S/C17H30N2O/c1-4-8-17(9-6-10-17)16(20)18-15(3)13-19-11-5-7-14(2)12-19/h4,14-15H,1,5-13H2,2-3H3,(H,18,20)/t14-,15+/m1/s1. The summed E-state index contributed by atoms with van der Waals surface area (Å²) in [7, 11) is 0. The first-order chi connectivity index (χ1) is 9.55. The lowest BCUT2D eigenvalue weighted by molar-refractivity contribution is -0.136. The zero-order valence-corrected chi connectivity index (χ0v) is 13.2. The van der Waals surface area contributed by atoms with Crippen LogP contribution in [0.4, 0.5) is 0 Å². The van der Waals surface area contributed by atoms with Crippen LogP contribution in [0.25, 0.3) is 0 Å². The molecule has 1 heterocycles. The summed E-state index contributed by atoms with van der Waals surface area (Å²) in [4.78, 5) is 15.0. The topological polar surface area (TPSA) is 32.3 Å². The molecule has 2 rings (SSSR count). The first-order valence-electron chi connectivity index (χ1n) is 8.20. The highest BCUT2D eigenvalue weighted by Crippen LogP contribution is 2.44. The number of nitrogens with one attached hydrogen (secondary N) is 1. The number of allylic oxidation sites excluding steroid dienone is 1. The molecule has 1 saturated carbocycles. The molecular weight excluding hydrogens is 248 g/mol. The van der Waals surface area contributed by atoms with E-state index in [1.54, 1.807) is 0 Å². The molecule has 0 aromatic carbocycles. The number of nitrogens with zero attached hydrogens (tertiary/aromatic N) is 1. The fourth-order valence-electron chi connectivity index (χ4n) is 3.67. The molecule has 0 aromatic heterocycles. The molecule has 1 aliphatic heterocycles. The van der Waals surface area contributed by atoms with Gasteiger partial charge in [0.15, 0.2) is 0 Å². The van der Waals surface area contributed by atoms with Gasteiger partial charge in [-0.2, -0.15) is 0 Å². The third kappa shape index (κ3) is 3.63. The Morgan fingerprint density at radius 2 is 2.25 bits per heavy atom. The van der Waals surface area contributed by atoms with Crippen molar-refractivity contribution in [3.05, 3.63) is 12.7 Å². The third-order valence-corrected chi connectivity index (χ3v) is 4.98. The van der Waals surface area contributed by atoms with Crippen LogP contribution in [0, 0.1) is 11.3 Å². The zero-order valence-electron chi connectivity index (χ0n) is 13.2. The predicted molar refractivity (Wildman–Crippen MR) is 83.5 cm³/mol. The van der Waals surface area contributed by atoms with Crippen molar-refractivity contribution in [2.45, 2.75) is 58.4 Å². The highest BCUT2D eigenvalue weighted by molar-refractivity contribution is 5.84. The molecular formula is C17H30N2O. The quantitative estimate of drug-likeness (QED) is 0.758. The number of piperidine rings is 1. The van der Waals surface area contributed by atoms with Gasteiger partial charge >= 0.3 is 0 Å². The van der Waals surface area contributed by atoms with Gasteiger partial charge in [-0.3, -0.25) is 4.79 Å². The molecule has 20 heavy (non-hydrogen) atoms. The second-order valence-corrected chi connectivity index (χ2v) is 7.01. The number of carbonyl (C=O) groups excluding carboxylic acids is 1. The number of hydrogen-bond acceptors (Lipinski definition) is 2. The van der Waals surface area contributed by atoms with Gasteiger partial charge in [0.25, 0.3) is 0 Å². The molecule has 1 amide bonds. The van der Waals surface area contributed by atoms with Crippen LogP contribution >= 0.6 is 0 Å². The van der Waals surface area contributed by atoms with Crippen molar-refractivity contribution in [2.24, 2.45) is 11.3 Å². The lowest BCUT2D eigenvalue weighted by atomic mass is 9.66. The van der Waals surface area contributed by atoms with Crippen LogP contribution in [0.3, 0.4) is 0 Å². The number of likely N-dealkylation sites (tertiary alicyclic amines) is 1. The summed E-state index contributed by atoms with van der Waals surface area (Å²) >= 11 is 0. The van der Waals surface area contributed by atoms with E-state index in [2.05, 4.69) is 30.6 Å². The Hall–Kier alpha value is -0.830. The minimum absolute atomic E-state index is 0.134. The molecule has 2 fully saturated rings. The maximum atomic E-state index is 12.5. The summed E-state index contributed by atoms with van der Waals surface area (Å²) in [5, 5.41) is 3.24. The van der Waals surface area contributed by atoms with Crippen LogP contribution in [0.1, 0.15) is 52.4 Å². The Bertz CT molecular complexity index is 349. The largest absolute Gasteiger partial charge is 0.352 e. The van der Waals surface area contributed by atoms with Crippen molar-refractivity contribution in [1.82, 2.24) is 10.2 Å². The highest BCUT2D eigenvalue weighted by atomic mass is 16.2. The number of rotatable bonds is 6. The predicted octanol–water partition coefficient (Wildman–Crippen LogP) is 2.97. The van der Waals surface area contributed by atoms with E-state index in [9.17, 15) is 4.79 Å². The molecule has 3 heteroatoms. The van der Waals surface area contributed by atoms with Crippen molar-refractivity contribution < 1.29 is 4.79 Å². The maximum Gasteiger partial charge on any atom is 0.226 e. The number of amides is 1. The van der Waals surface area contributed by atoms with Gasteiger partial charge in [0.05, 0.1) is 5.41 Å². The van der Waals surface area contributed by atoms with E-state index in [1.165, 1.54) is 32.4 Å². The van der Waals surface area contributed by atoms with Crippen LogP contribution < -0.4 is 5.32 Å². The minimum Gasteiger partial charge on any atom is -0.352 e. The second kappa shape index (κ2) is 6.75. The van der Waals surface area contributed by atoms with Crippen molar-refractivity contribution in [1.29, 1.82) is 0 Å². The number of hydrogen-bond donors (Lipinski definition) is 1. The molecule has 0 radical (unpaired) electrons. The molecule has 1 aliphatic carbocycles. The molecule has 2 atom stereocenters. The first-order valence-corrected chi connectivity index (χ1v) is 8.20. The van der Waals surface area contributed by atoms with Crippen molar-refractivity contribution in [3.63, 3.8) is 0 Å². The molecule has 2 aliphatic rings. The Morgan fingerprint density at radius 3 is 2.80 bits per heavy atom. The summed E-state index contributed by atoms with van der Waals surface area (Å²) < 4.78 is 0. The molecule has 3 nitrogen and oxygen atoms in total. The van der Waals surface area contributed by atoms with E-state index in [0.29, 0.717) is 0 Å². The Balaban J connectivity index is 1.80. The van der Waals surface area contributed by atoms with Crippen LogP contribution in [0.15, 0.2) is 12.7 Å². The minimum atomic E-state index is -0.134. The van der Waals surface area contributed by atoms with Gasteiger partial charge in [0.1, 0.15) is 0 Å². The van der Waals surface area contributed by atoms with Crippen LogP contribution in [-0.2, 0) is 4.79 Å². The molecule has 114 valence electrons. The van der Waals surface area contributed by atoms with E-state index in [0.717, 1.165) is 31.7 Å². The first kappa shape index (κ1) is 15.6. The molecule has 0 aromatic rings. The molecule has 0 bridgehead atoms. The molecule has 0 unspecified atom stereocenters. The van der Waals surface area contributed by atoms with Gasteiger partial charge in [-0.25, -0.2) is 0 Å². The Morgan fingerprint density at radius 1 is 1.50 bits per heavy atom. The summed E-state index contributed by atoms with van der Waals surface area (Å²) in [6, 6.07) is 0.245. The summed E-state index contributed by atoms with van der Waals surface area (Å²) in [5.74, 6) is 1.05. The summed E-state index contributed by atoms with van der Waals surface area (Å²) in [6.45, 7) is 11.6. The fourth-order valence-corrected chi connectivity index (χ4v) is 3.67. The van der Waals surface area contributed by atoms with E-state index < -0.39 is 0 Å². The lowest BCUT2D eigenvalue weighted by Crippen LogP contribution is -2.51. The van der Waals surface area contributed by atoms with E-state index in [1.807, 2.05) is 6.08 Å². The monoisotopic (exact) mass is 278 g/mol. The van der Waals surface area contributed by atoms with Gasteiger partial charge in [-0.1, -0.05) is 19.4 Å². The van der Waals surface area contributed by atoms with Crippen molar-refractivity contribution >= 4 is 5.91 Å². The van der Waals surface area contributed by atoms with Crippen LogP contribution in [-0.4, -0.2) is 36.5 Å². The third-order valence-electron chi connectivity index (χ3n) is 4.98. The van der Waals surface area contributed by atoms with E-state index in [-0.39, 0.29) is 17.4 Å². The molecule has 1 N–H and O–H groups in total. The van der Waals surface area contributed by atoms with Gasteiger partial charge in [-0.05, 0) is 51.5 Å². The van der Waals surface area contributed by atoms with Gasteiger partial charge < -0.3 is 10.2 Å². The second-order valence-electron chi connectivity index (χ2n) is 7.01. The van der Waals surface area contributed by atoms with Crippen LogP contribution in [0.5, 0.6) is 0 Å². The number of carbonyl (C=O) groups is 1. The zero-order chi connectivity index (χ0) is 14.6. The molecule has 0 spiro atoms. The summed E-state index contributed by atoms with van der Waals surface area (Å²) in [6.07, 6.45) is 8.60. The van der Waals surface area contributed by atoms with Crippen LogP contribution in [0.2, 0.25) is 0 Å². The Kier molecular flexibility index (Phi) is 5.25. The highest BCUT2D eigenvalue weighted by Gasteiger charge is 2.43. The van der Waals surface area contributed by atoms with Gasteiger partial charge in [0.2, 0.25) is 5.91 Å². The van der Waals surface area contributed by atoms with Crippen molar-refractivity contribution in [3.8, 4) is 0 Å². The van der Waals surface area contributed by atoms with Gasteiger partial charge in [-0.15, -0.1) is 6.58 Å². The average Bonchev–Trinajstić information content (AvgIpc) is 2.33. The average molecular weight is 278 g/mol. The van der Waals surface area contributed by atoms with E-state index in [4.69, 9.17) is 0 Å². The SMILES string of the molecule is C=CCC1(C(=O)N[C@@H](C)CN2CCC[C@@H](C)C2)CCC1. The van der Waals surface area contributed by atoms with E-state index >= 15 is 0 Å². The molecule has 1 saturated heterocycles. The van der Waals surface area contributed by atoms with Crippen molar-refractivity contribution in [2.75, 3.05) is 19.6 Å². The maximum absolute atomic E-state index is 12.5. The fraction of sp³-hybridized carbons (Fsp3) is 0.824. The smallest absolute Gasteiger partial charge is 0.226 e. The Labute approximate surface area is 123 Å². The lowest BCUT2D eigenvalue weighted by Gasteiger charge is -2.41. The summed E-state index contributed by atoms with van der Waals surface area (Å²) in [5.41, 5.74) is -0.134. The normalized spacial score (nSPS) is 27.4. The van der Waals surface area contributed by atoms with Gasteiger partial charge in [0, 0.05) is 19.1 Å².